The highest BCUT2D eigenvalue weighted by atomic mass is 35.5. The van der Waals surface area contributed by atoms with Crippen LogP contribution < -0.4 is 10.6 Å². The molecule has 0 spiro atoms. The van der Waals surface area contributed by atoms with E-state index in [1.165, 1.54) is 0 Å². The highest BCUT2D eigenvalue weighted by Gasteiger charge is 2.27. The van der Waals surface area contributed by atoms with Gasteiger partial charge in [0, 0.05) is 85.6 Å². The van der Waals surface area contributed by atoms with Crippen molar-refractivity contribution in [3.8, 4) is 0 Å². The molecular weight excluding hydrogens is 635 g/mol. The third kappa shape index (κ3) is 8.38. The highest BCUT2D eigenvalue weighted by molar-refractivity contribution is 7.89. The van der Waals surface area contributed by atoms with Crippen LogP contribution in [-0.2, 0) is 20.0 Å². The molecule has 43 heavy (non-hydrogen) atoms. The molecule has 2 aliphatic heterocycles. The van der Waals surface area contributed by atoms with Gasteiger partial charge in [0.1, 0.15) is 0 Å². The van der Waals surface area contributed by atoms with E-state index in [0.717, 1.165) is 47.5 Å². The van der Waals surface area contributed by atoms with Gasteiger partial charge in [-0.05, 0) is 50.2 Å². The van der Waals surface area contributed by atoms with Gasteiger partial charge in [-0.1, -0.05) is 24.3 Å². The Morgan fingerprint density at radius 1 is 0.581 bits per heavy atom. The predicted molar refractivity (Wildman–Crippen MR) is 174 cm³/mol. The van der Waals surface area contributed by atoms with Crippen LogP contribution in [0.5, 0.6) is 0 Å². The molecule has 2 saturated heterocycles. The van der Waals surface area contributed by atoms with Crippen LogP contribution in [0.4, 0.5) is 0 Å². The van der Waals surface area contributed by atoms with Crippen LogP contribution >= 0.6 is 24.8 Å². The SMILES string of the molecule is Cl.Cl.O.O=S(=O)(c1cccc2cnccc12)N1CCCNCC1.O=S(=O)(c1cccc2cnccc12)N1CCCNCC1. The summed E-state index contributed by atoms with van der Waals surface area (Å²) < 4.78 is 54.5. The fraction of sp³-hybridized carbons (Fsp3) is 0.357. The molecule has 6 rings (SSSR count). The Hall–Kier alpha value is -2.46. The first-order chi connectivity index (χ1) is 19.4. The molecule has 4 N–H and O–H groups in total. The van der Waals surface area contributed by atoms with Crippen molar-refractivity contribution >= 4 is 66.4 Å². The second-order valence-corrected chi connectivity index (χ2v) is 13.5. The first-order valence-corrected chi connectivity index (χ1v) is 16.3. The van der Waals surface area contributed by atoms with E-state index in [1.54, 1.807) is 69.8 Å². The summed E-state index contributed by atoms with van der Waals surface area (Å²) in [5, 5.41) is 9.61. The van der Waals surface area contributed by atoms with Crippen molar-refractivity contribution in [3.05, 3.63) is 73.3 Å². The zero-order valence-electron chi connectivity index (χ0n) is 23.6. The summed E-state index contributed by atoms with van der Waals surface area (Å²) in [6.45, 7) is 5.30. The molecule has 2 aromatic carbocycles. The number of hydrogen-bond acceptors (Lipinski definition) is 8. The van der Waals surface area contributed by atoms with E-state index in [-0.39, 0.29) is 30.3 Å². The summed E-state index contributed by atoms with van der Waals surface area (Å²) >= 11 is 0. The summed E-state index contributed by atoms with van der Waals surface area (Å²) in [5.41, 5.74) is 0. The molecule has 0 saturated carbocycles. The Bertz CT molecular complexity index is 1540. The summed E-state index contributed by atoms with van der Waals surface area (Å²) in [5.74, 6) is 0. The normalized spacial score (nSPS) is 16.7. The molecule has 0 bridgehead atoms. The first-order valence-electron chi connectivity index (χ1n) is 13.5. The standard InChI is InChI=1S/2C14H17N3O2S.2ClH.H2O/c2*18-20(19,17-9-2-6-15-8-10-17)14-4-1-3-12-11-16-7-5-13(12)14;;;/h2*1,3-5,7,11,15H,2,6,8-10H2;2*1H;1H2. The molecule has 236 valence electrons. The molecule has 4 heterocycles. The zero-order chi connectivity index (χ0) is 28.0. The fourth-order valence-electron chi connectivity index (χ4n) is 5.04. The molecular formula is C28H38Cl2N6O5S2. The average Bonchev–Trinajstić information content (AvgIpc) is 3.44. The average molecular weight is 674 g/mol. The molecule has 0 aliphatic carbocycles. The number of benzene rings is 2. The van der Waals surface area contributed by atoms with Crippen LogP contribution in [0.1, 0.15) is 12.8 Å². The van der Waals surface area contributed by atoms with Gasteiger partial charge >= 0.3 is 0 Å². The Kier molecular flexibility index (Phi) is 14.2. The molecule has 15 heteroatoms. The van der Waals surface area contributed by atoms with Gasteiger partial charge in [-0.25, -0.2) is 16.8 Å². The van der Waals surface area contributed by atoms with Crippen molar-refractivity contribution in [1.82, 2.24) is 29.2 Å². The maximum Gasteiger partial charge on any atom is 0.243 e. The van der Waals surface area contributed by atoms with Crippen molar-refractivity contribution in [2.24, 2.45) is 0 Å². The molecule has 4 aromatic rings. The monoisotopic (exact) mass is 672 g/mol. The van der Waals surface area contributed by atoms with Gasteiger partial charge in [0.05, 0.1) is 9.79 Å². The van der Waals surface area contributed by atoms with Crippen molar-refractivity contribution in [1.29, 1.82) is 0 Å². The maximum atomic E-state index is 12.8. The lowest BCUT2D eigenvalue weighted by Gasteiger charge is -2.20. The Morgan fingerprint density at radius 3 is 1.42 bits per heavy atom. The number of aromatic nitrogens is 2. The summed E-state index contributed by atoms with van der Waals surface area (Å²) in [6.07, 6.45) is 8.32. The van der Waals surface area contributed by atoms with E-state index >= 15 is 0 Å². The topological polar surface area (TPSA) is 156 Å². The van der Waals surface area contributed by atoms with Crippen molar-refractivity contribution in [3.63, 3.8) is 0 Å². The molecule has 11 nitrogen and oxygen atoms in total. The lowest BCUT2D eigenvalue weighted by atomic mass is 10.2. The van der Waals surface area contributed by atoms with Gasteiger partial charge in [-0.15, -0.1) is 24.8 Å². The third-order valence-electron chi connectivity index (χ3n) is 7.12. The third-order valence-corrected chi connectivity index (χ3v) is 11.0. The lowest BCUT2D eigenvalue weighted by Crippen LogP contribution is -2.34. The number of hydrogen-bond donors (Lipinski definition) is 2. The Morgan fingerprint density at radius 2 is 1.00 bits per heavy atom. The number of sulfonamides is 2. The van der Waals surface area contributed by atoms with E-state index in [1.807, 2.05) is 12.1 Å². The minimum Gasteiger partial charge on any atom is -0.412 e. The molecule has 0 amide bonds. The minimum atomic E-state index is -3.45. The Labute approximate surface area is 265 Å². The van der Waals surface area contributed by atoms with E-state index in [2.05, 4.69) is 20.6 Å². The predicted octanol–water partition coefficient (Wildman–Crippen LogP) is 2.46. The number of fused-ring (bicyclic) bond motifs is 2. The summed E-state index contributed by atoms with van der Waals surface area (Å²) in [7, 11) is -6.89. The first kappa shape index (κ1) is 36.7. The van der Waals surface area contributed by atoms with Gasteiger partial charge in [0.25, 0.3) is 0 Å². The number of pyridine rings is 2. The summed E-state index contributed by atoms with van der Waals surface area (Å²) in [6, 6.07) is 14.2. The van der Waals surface area contributed by atoms with E-state index in [4.69, 9.17) is 0 Å². The number of halogens is 2. The van der Waals surface area contributed by atoms with Gasteiger partial charge in [-0.3, -0.25) is 9.97 Å². The number of rotatable bonds is 4. The van der Waals surface area contributed by atoms with Crippen LogP contribution in [0.15, 0.2) is 83.1 Å². The van der Waals surface area contributed by atoms with Crippen LogP contribution in [0.25, 0.3) is 21.5 Å². The van der Waals surface area contributed by atoms with E-state index in [9.17, 15) is 16.8 Å². The second kappa shape index (κ2) is 16.6. The molecule has 2 aromatic heterocycles. The van der Waals surface area contributed by atoms with Gasteiger partial charge in [0.15, 0.2) is 0 Å². The quantitative estimate of drug-likeness (QED) is 0.335. The van der Waals surface area contributed by atoms with Crippen LogP contribution in [0.2, 0.25) is 0 Å². The second-order valence-electron chi connectivity index (χ2n) is 9.72. The smallest absolute Gasteiger partial charge is 0.243 e. The van der Waals surface area contributed by atoms with Crippen LogP contribution in [0, 0.1) is 0 Å². The highest BCUT2D eigenvalue weighted by Crippen LogP contribution is 2.26. The number of nitrogens with zero attached hydrogens (tertiary/aromatic N) is 4. The fourth-order valence-corrected chi connectivity index (χ4v) is 8.42. The van der Waals surface area contributed by atoms with E-state index in [0.29, 0.717) is 49.1 Å². The number of nitrogens with one attached hydrogen (secondary N) is 2. The van der Waals surface area contributed by atoms with Crippen LogP contribution in [-0.4, -0.2) is 93.2 Å². The minimum absolute atomic E-state index is 0. The molecule has 0 radical (unpaired) electrons. The van der Waals surface area contributed by atoms with Crippen molar-refractivity contribution in [2.75, 3.05) is 52.4 Å². The van der Waals surface area contributed by atoms with Gasteiger partial charge in [-0.2, -0.15) is 8.61 Å². The maximum absolute atomic E-state index is 12.8. The summed E-state index contributed by atoms with van der Waals surface area (Å²) in [4.78, 5) is 8.84. The Balaban J connectivity index is 0.000000281. The molecule has 2 aliphatic rings. The van der Waals surface area contributed by atoms with Crippen LogP contribution in [0.3, 0.4) is 0 Å². The molecule has 2 fully saturated rings. The zero-order valence-corrected chi connectivity index (χ0v) is 26.8. The van der Waals surface area contributed by atoms with Crippen molar-refractivity contribution < 1.29 is 22.3 Å². The van der Waals surface area contributed by atoms with Crippen molar-refractivity contribution in [2.45, 2.75) is 22.6 Å². The molecule has 0 unspecified atom stereocenters. The van der Waals surface area contributed by atoms with E-state index < -0.39 is 20.0 Å². The molecule has 0 atom stereocenters. The van der Waals surface area contributed by atoms with Gasteiger partial charge in [0.2, 0.25) is 20.0 Å². The lowest BCUT2D eigenvalue weighted by molar-refractivity contribution is 0.432. The largest absolute Gasteiger partial charge is 0.412 e. The van der Waals surface area contributed by atoms with Gasteiger partial charge < -0.3 is 16.1 Å².